The van der Waals surface area contributed by atoms with Crippen LogP contribution in [-0.2, 0) is 4.84 Å². The molecule has 3 aliphatic rings. The third-order valence-corrected chi connectivity index (χ3v) is 5.60. The van der Waals surface area contributed by atoms with Gasteiger partial charge in [0.25, 0.3) is 0 Å². The van der Waals surface area contributed by atoms with Crippen LogP contribution in [0.5, 0.6) is 11.5 Å². The van der Waals surface area contributed by atoms with Gasteiger partial charge in [0.05, 0.1) is 25.5 Å². The SMILES string of the molecule is COc1ccc(C2=CC3(CCCN(C(=O)O)C3)ON2)cc1OC1CCCC1. The molecule has 1 aromatic carbocycles. The maximum Gasteiger partial charge on any atom is 0.407 e. The van der Waals surface area contributed by atoms with Gasteiger partial charge in [0, 0.05) is 12.1 Å². The van der Waals surface area contributed by atoms with E-state index in [4.69, 9.17) is 14.3 Å². The number of hydroxylamine groups is 1. The molecule has 1 aliphatic carbocycles. The van der Waals surface area contributed by atoms with Crippen molar-refractivity contribution in [3.63, 3.8) is 0 Å². The molecule has 0 aromatic heterocycles. The minimum Gasteiger partial charge on any atom is -0.493 e. The first-order valence-electron chi connectivity index (χ1n) is 9.58. The van der Waals surface area contributed by atoms with Crippen molar-refractivity contribution in [3.05, 3.63) is 29.8 Å². The van der Waals surface area contributed by atoms with E-state index in [1.54, 1.807) is 7.11 Å². The fourth-order valence-corrected chi connectivity index (χ4v) is 4.16. The van der Waals surface area contributed by atoms with Crippen molar-refractivity contribution < 1.29 is 24.2 Å². The zero-order valence-electron chi connectivity index (χ0n) is 15.6. The normalized spacial score (nSPS) is 25.4. The van der Waals surface area contributed by atoms with Crippen molar-refractivity contribution in [2.45, 2.75) is 50.2 Å². The van der Waals surface area contributed by atoms with Gasteiger partial charge in [0.2, 0.25) is 0 Å². The average Bonchev–Trinajstić information content (AvgIpc) is 3.32. The maximum atomic E-state index is 11.3. The first-order chi connectivity index (χ1) is 13.1. The van der Waals surface area contributed by atoms with Gasteiger partial charge < -0.3 is 19.5 Å². The molecule has 27 heavy (non-hydrogen) atoms. The quantitative estimate of drug-likeness (QED) is 0.841. The number of ether oxygens (including phenoxy) is 2. The highest BCUT2D eigenvalue weighted by Crippen LogP contribution is 2.37. The molecule has 7 heteroatoms. The number of nitrogens with one attached hydrogen (secondary N) is 1. The predicted molar refractivity (Wildman–Crippen MR) is 99.6 cm³/mol. The minimum atomic E-state index is -0.906. The Morgan fingerprint density at radius 3 is 2.85 bits per heavy atom. The average molecular weight is 374 g/mol. The third kappa shape index (κ3) is 3.69. The zero-order valence-corrected chi connectivity index (χ0v) is 15.6. The summed E-state index contributed by atoms with van der Waals surface area (Å²) < 4.78 is 11.6. The molecule has 1 atom stereocenters. The molecular formula is C20H26N2O5. The Hall–Kier alpha value is -2.41. The summed E-state index contributed by atoms with van der Waals surface area (Å²) in [5.74, 6) is 1.45. The predicted octanol–water partition coefficient (Wildman–Crippen LogP) is 3.40. The number of rotatable bonds is 4. The Morgan fingerprint density at radius 1 is 1.30 bits per heavy atom. The molecule has 1 unspecified atom stereocenters. The number of amides is 1. The van der Waals surface area contributed by atoms with E-state index in [1.165, 1.54) is 17.7 Å². The summed E-state index contributed by atoms with van der Waals surface area (Å²) in [5, 5.41) is 9.29. The van der Waals surface area contributed by atoms with Gasteiger partial charge in [0.15, 0.2) is 11.5 Å². The van der Waals surface area contributed by atoms with Crippen LogP contribution in [0.15, 0.2) is 24.3 Å². The van der Waals surface area contributed by atoms with Crippen LogP contribution in [0.3, 0.4) is 0 Å². The Kier molecular flexibility index (Phi) is 4.86. The number of benzene rings is 1. The van der Waals surface area contributed by atoms with Crippen molar-refractivity contribution in [3.8, 4) is 11.5 Å². The molecule has 2 aliphatic heterocycles. The standard InChI is InChI=1S/C20H26N2O5/c1-25-17-8-7-14(11-18(17)26-15-5-2-3-6-15)16-12-20(27-21-16)9-4-10-22(13-20)19(23)24/h7-8,11-12,15,21H,2-6,9-10,13H2,1H3,(H,23,24). The second kappa shape index (κ2) is 7.31. The van der Waals surface area contributed by atoms with Crippen LogP contribution in [0, 0.1) is 0 Å². The summed E-state index contributed by atoms with van der Waals surface area (Å²) in [5.41, 5.74) is 4.16. The summed E-state index contributed by atoms with van der Waals surface area (Å²) in [7, 11) is 1.64. The Balaban J connectivity index is 1.56. The minimum absolute atomic E-state index is 0.240. The molecule has 4 rings (SSSR count). The smallest absolute Gasteiger partial charge is 0.407 e. The molecule has 2 N–H and O–H groups in total. The topological polar surface area (TPSA) is 80.3 Å². The van der Waals surface area contributed by atoms with Gasteiger partial charge in [-0.3, -0.25) is 10.3 Å². The lowest BCUT2D eigenvalue weighted by molar-refractivity contribution is -0.0705. The number of carboxylic acid groups (broad SMARTS) is 1. The fraction of sp³-hybridized carbons (Fsp3) is 0.550. The third-order valence-electron chi connectivity index (χ3n) is 5.60. The first-order valence-corrected chi connectivity index (χ1v) is 9.58. The molecule has 146 valence electrons. The number of piperidine rings is 1. The molecular weight excluding hydrogens is 348 g/mol. The van der Waals surface area contributed by atoms with Crippen molar-refractivity contribution in [2.24, 2.45) is 0 Å². The van der Waals surface area contributed by atoms with Crippen LogP contribution >= 0.6 is 0 Å². The lowest BCUT2D eigenvalue weighted by Gasteiger charge is -2.36. The van der Waals surface area contributed by atoms with Crippen molar-refractivity contribution in [1.29, 1.82) is 0 Å². The van der Waals surface area contributed by atoms with E-state index >= 15 is 0 Å². The number of hydrogen-bond acceptors (Lipinski definition) is 5. The Labute approximate surface area is 158 Å². The van der Waals surface area contributed by atoms with Crippen molar-refractivity contribution in [1.82, 2.24) is 10.4 Å². The molecule has 0 radical (unpaired) electrons. The molecule has 1 saturated carbocycles. The number of methoxy groups -OCH3 is 1. The number of nitrogens with zero attached hydrogens (tertiary/aromatic N) is 1. The zero-order chi connectivity index (χ0) is 18.9. The molecule has 2 heterocycles. The second-order valence-electron chi connectivity index (χ2n) is 7.52. The van der Waals surface area contributed by atoms with Crippen LogP contribution in [0.1, 0.15) is 44.1 Å². The Morgan fingerprint density at radius 2 is 2.11 bits per heavy atom. The molecule has 1 amide bonds. The van der Waals surface area contributed by atoms with E-state index in [1.807, 2.05) is 24.3 Å². The van der Waals surface area contributed by atoms with Gasteiger partial charge in [-0.15, -0.1) is 0 Å². The van der Waals surface area contributed by atoms with Gasteiger partial charge in [-0.05, 0) is 62.8 Å². The van der Waals surface area contributed by atoms with Crippen molar-refractivity contribution in [2.75, 3.05) is 20.2 Å². The highest BCUT2D eigenvalue weighted by atomic mass is 16.7. The molecule has 2 fully saturated rings. The molecule has 7 nitrogen and oxygen atoms in total. The molecule has 1 saturated heterocycles. The van der Waals surface area contributed by atoms with E-state index in [0.717, 1.165) is 48.4 Å². The summed E-state index contributed by atoms with van der Waals surface area (Å²) in [4.78, 5) is 18.6. The second-order valence-corrected chi connectivity index (χ2v) is 7.52. The van der Waals surface area contributed by atoms with Gasteiger partial charge in [-0.25, -0.2) is 4.79 Å². The monoisotopic (exact) mass is 374 g/mol. The van der Waals surface area contributed by atoms with Crippen LogP contribution in [0.4, 0.5) is 4.79 Å². The van der Waals surface area contributed by atoms with Gasteiger partial charge in [0.1, 0.15) is 5.60 Å². The van der Waals surface area contributed by atoms with Crippen LogP contribution < -0.4 is 15.0 Å². The van der Waals surface area contributed by atoms with Crippen molar-refractivity contribution >= 4 is 11.8 Å². The fourth-order valence-electron chi connectivity index (χ4n) is 4.16. The Bertz CT molecular complexity index is 744. The highest BCUT2D eigenvalue weighted by Gasteiger charge is 2.41. The molecule has 1 aromatic rings. The van der Waals surface area contributed by atoms with Crippen LogP contribution in [-0.4, -0.2) is 48.0 Å². The summed E-state index contributed by atoms with van der Waals surface area (Å²) in [6, 6.07) is 5.83. The van der Waals surface area contributed by atoms with E-state index in [9.17, 15) is 9.90 Å². The summed E-state index contributed by atoms with van der Waals surface area (Å²) in [6.07, 6.45) is 7.46. The first kappa shape index (κ1) is 18.0. The van der Waals surface area contributed by atoms with E-state index < -0.39 is 11.7 Å². The lowest BCUT2D eigenvalue weighted by Crippen LogP contribution is -2.49. The van der Waals surface area contributed by atoms with Crippen LogP contribution in [0.2, 0.25) is 0 Å². The number of likely N-dealkylation sites (tertiary alicyclic amines) is 1. The van der Waals surface area contributed by atoms with Gasteiger partial charge in [-0.1, -0.05) is 0 Å². The lowest BCUT2D eigenvalue weighted by atomic mass is 9.91. The number of carbonyl (C=O) groups is 1. The largest absolute Gasteiger partial charge is 0.493 e. The summed E-state index contributed by atoms with van der Waals surface area (Å²) in [6.45, 7) is 0.881. The van der Waals surface area contributed by atoms with E-state index in [-0.39, 0.29) is 6.10 Å². The van der Waals surface area contributed by atoms with E-state index in [2.05, 4.69) is 5.48 Å². The highest BCUT2D eigenvalue weighted by molar-refractivity contribution is 5.69. The van der Waals surface area contributed by atoms with Crippen LogP contribution in [0.25, 0.3) is 5.70 Å². The maximum absolute atomic E-state index is 11.3. The number of hydrogen-bond donors (Lipinski definition) is 2. The molecule has 1 spiro atoms. The van der Waals surface area contributed by atoms with Gasteiger partial charge >= 0.3 is 6.09 Å². The molecule has 0 bridgehead atoms. The summed E-state index contributed by atoms with van der Waals surface area (Å²) >= 11 is 0. The van der Waals surface area contributed by atoms with Gasteiger partial charge in [-0.2, -0.15) is 0 Å². The van der Waals surface area contributed by atoms with E-state index in [0.29, 0.717) is 13.1 Å².